The van der Waals surface area contributed by atoms with E-state index in [4.69, 9.17) is 15.0 Å². The summed E-state index contributed by atoms with van der Waals surface area (Å²) in [5.74, 6) is 0. The maximum Gasteiger partial charge on any atom is 0.0999 e. The van der Waals surface area contributed by atoms with Crippen LogP contribution in [0.15, 0.2) is 182 Å². The molecule has 0 aliphatic heterocycles. The predicted molar refractivity (Wildman–Crippen MR) is 231 cm³/mol. The quantitative estimate of drug-likeness (QED) is 0.171. The molecule has 0 saturated carbocycles. The summed E-state index contributed by atoms with van der Waals surface area (Å²) in [4.78, 5) is 16.0. The molecule has 0 aliphatic carbocycles. The van der Waals surface area contributed by atoms with Crippen LogP contribution in [0.4, 0.5) is 0 Å². The minimum atomic E-state index is 0.542. The highest BCUT2D eigenvalue weighted by Gasteiger charge is 2.22. The number of pyridine rings is 1. The summed E-state index contributed by atoms with van der Waals surface area (Å²) in [5, 5.41) is 20.8. The smallest absolute Gasteiger partial charge is 0.0999 e. The van der Waals surface area contributed by atoms with E-state index in [-0.39, 0.29) is 0 Å². The predicted octanol–water partition coefficient (Wildman–Crippen LogP) is 13.3. The summed E-state index contributed by atoms with van der Waals surface area (Å²) in [5.41, 5.74) is 10.2. The van der Waals surface area contributed by atoms with Crippen LogP contribution < -0.4 is 0 Å². The molecule has 11 aromatic rings. The van der Waals surface area contributed by atoms with Crippen LogP contribution in [0.2, 0.25) is 0 Å². The van der Waals surface area contributed by atoms with Gasteiger partial charge < -0.3 is 0 Å². The Balaban J connectivity index is 1.15. The van der Waals surface area contributed by atoms with E-state index in [0.717, 1.165) is 66.6 Å². The average Bonchev–Trinajstić information content (AvgIpc) is 3.28. The van der Waals surface area contributed by atoms with Gasteiger partial charge in [0.15, 0.2) is 0 Å². The van der Waals surface area contributed by atoms with E-state index in [0.29, 0.717) is 16.6 Å². The van der Waals surface area contributed by atoms with Gasteiger partial charge in [-0.05, 0) is 61.6 Å². The van der Waals surface area contributed by atoms with Crippen molar-refractivity contribution in [1.29, 1.82) is 5.26 Å². The lowest BCUT2D eigenvalue weighted by atomic mass is 9.91. The zero-order chi connectivity index (χ0) is 37.2. The van der Waals surface area contributed by atoms with Gasteiger partial charge in [0.05, 0.1) is 45.3 Å². The van der Waals surface area contributed by atoms with Crippen LogP contribution in [-0.4, -0.2) is 15.0 Å². The van der Waals surface area contributed by atoms with E-state index < -0.39 is 0 Å². The van der Waals surface area contributed by atoms with Crippen LogP contribution in [0.5, 0.6) is 0 Å². The lowest BCUT2D eigenvalue weighted by molar-refractivity contribution is 1.29. The maximum atomic E-state index is 10.7. The number of aromatic nitrogens is 3. The topological polar surface area (TPSA) is 62.5 Å². The minimum absolute atomic E-state index is 0.542. The van der Waals surface area contributed by atoms with Crippen molar-refractivity contribution < 1.29 is 0 Å². The molecule has 9 aromatic carbocycles. The summed E-state index contributed by atoms with van der Waals surface area (Å²) in [6.07, 6.45) is 0. The normalized spacial score (nSPS) is 11.6. The van der Waals surface area contributed by atoms with E-state index in [1.165, 1.54) is 32.3 Å². The van der Waals surface area contributed by atoms with Crippen LogP contribution >= 0.6 is 0 Å². The molecule has 0 atom stereocenters. The second-order valence-electron chi connectivity index (χ2n) is 14.2. The number of hydrogen-bond acceptors (Lipinski definition) is 4. The fraction of sp³-hybridized carbons (Fsp3) is 0. The molecule has 0 amide bonds. The Labute approximate surface area is 322 Å². The van der Waals surface area contributed by atoms with E-state index in [1.807, 2.05) is 66.7 Å². The molecule has 0 N–H and O–H groups in total. The maximum absolute atomic E-state index is 10.7. The zero-order valence-electron chi connectivity index (χ0n) is 30.1. The number of nitrogens with zero attached hydrogens (tertiary/aromatic N) is 4. The number of fused-ring (bicyclic) bond motifs is 11. The first-order valence-corrected chi connectivity index (χ1v) is 18.8. The van der Waals surface area contributed by atoms with E-state index in [9.17, 15) is 5.26 Å². The van der Waals surface area contributed by atoms with Crippen molar-refractivity contribution in [3.63, 3.8) is 0 Å². The summed E-state index contributed by atoms with van der Waals surface area (Å²) in [6, 6.07) is 65.5. The van der Waals surface area contributed by atoms with Gasteiger partial charge in [0.25, 0.3) is 0 Å². The Morgan fingerprint density at radius 3 is 1.41 bits per heavy atom. The molecule has 0 radical (unpaired) electrons. The first-order valence-electron chi connectivity index (χ1n) is 18.8. The summed E-state index contributed by atoms with van der Waals surface area (Å²) >= 11 is 0. The second-order valence-corrected chi connectivity index (χ2v) is 14.2. The van der Waals surface area contributed by atoms with Gasteiger partial charge in [0, 0.05) is 32.8 Å². The van der Waals surface area contributed by atoms with Crippen LogP contribution in [-0.2, 0) is 0 Å². The lowest BCUT2D eigenvalue weighted by Gasteiger charge is -2.16. The van der Waals surface area contributed by atoms with Gasteiger partial charge in [-0.2, -0.15) is 5.26 Å². The van der Waals surface area contributed by atoms with Crippen LogP contribution in [0, 0.1) is 11.3 Å². The van der Waals surface area contributed by atoms with Crippen molar-refractivity contribution in [2.24, 2.45) is 0 Å². The molecule has 4 heteroatoms. The van der Waals surface area contributed by atoms with Crippen molar-refractivity contribution in [3.05, 3.63) is 188 Å². The van der Waals surface area contributed by atoms with Crippen LogP contribution in [0.1, 0.15) is 5.56 Å². The van der Waals surface area contributed by atoms with Crippen molar-refractivity contribution in [2.75, 3.05) is 0 Å². The molecule has 2 aromatic heterocycles. The Morgan fingerprint density at radius 2 is 0.786 bits per heavy atom. The van der Waals surface area contributed by atoms with Crippen molar-refractivity contribution >= 4 is 65.0 Å². The molecular formula is C52H30N4. The Hall–Kier alpha value is -7.74. The van der Waals surface area contributed by atoms with Gasteiger partial charge in [-0.25, -0.2) is 15.0 Å². The average molecular weight is 711 g/mol. The highest BCUT2D eigenvalue weighted by Crippen LogP contribution is 2.42. The highest BCUT2D eigenvalue weighted by atomic mass is 14.8. The fourth-order valence-corrected chi connectivity index (χ4v) is 8.46. The molecule has 4 nitrogen and oxygen atoms in total. The SMILES string of the molecule is N#Cc1cc2nc(-c3ccccc3)c(-c3ccccc3)nc2c2c(-c3ccc(-c4ccc5c6ccccc6c6ccccc6c5c4)cc3)nc3ccccc3c12. The fourth-order valence-electron chi connectivity index (χ4n) is 8.46. The zero-order valence-corrected chi connectivity index (χ0v) is 30.1. The number of nitriles is 1. The highest BCUT2D eigenvalue weighted by molar-refractivity contribution is 6.26. The first-order chi connectivity index (χ1) is 27.7. The second kappa shape index (κ2) is 12.7. The Morgan fingerprint density at radius 1 is 0.321 bits per heavy atom. The first kappa shape index (κ1) is 31.8. The van der Waals surface area contributed by atoms with Gasteiger partial charge in [-0.15, -0.1) is 0 Å². The molecular weight excluding hydrogens is 681 g/mol. The Kier molecular flexibility index (Phi) is 7.20. The molecule has 11 rings (SSSR count). The third-order valence-electron chi connectivity index (χ3n) is 11.1. The number of benzene rings is 9. The molecule has 56 heavy (non-hydrogen) atoms. The van der Waals surface area contributed by atoms with Crippen LogP contribution in [0.3, 0.4) is 0 Å². The largest absolute Gasteiger partial charge is 0.247 e. The molecule has 0 aliphatic rings. The number of rotatable bonds is 4. The molecule has 0 spiro atoms. The van der Waals surface area contributed by atoms with E-state index in [2.05, 4.69) is 121 Å². The number of para-hydroxylation sites is 1. The molecule has 0 unspecified atom stereocenters. The van der Waals surface area contributed by atoms with Gasteiger partial charge in [0.1, 0.15) is 0 Å². The van der Waals surface area contributed by atoms with Crippen molar-refractivity contribution in [2.45, 2.75) is 0 Å². The molecule has 2 heterocycles. The van der Waals surface area contributed by atoms with Gasteiger partial charge in [-0.1, -0.05) is 164 Å². The third kappa shape index (κ3) is 4.96. The Bertz CT molecular complexity index is 3370. The van der Waals surface area contributed by atoms with Crippen molar-refractivity contribution in [3.8, 4) is 51.0 Å². The van der Waals surface area contributed by atoms with Gasteiger partial charge in [-0.3, -0.25) is 0 Å². The van der Waals surface area contributed by atoms with Gasteiger partial charge in [0.2, 0.25) is 0 Å². The lowest BCUT2D eigenvalue weighted by Crippen LogP contribution is -2.00. The van der Waals surface area contributed by atoms with E-state index in [1.54, 1.807) is 0 Å². The number of hydrogen-bond donors (Lipinski definition) is 0. The third-order valence-corrected chi connectivity index (χ3v) is 11.1. The summed E-state index contributed by atoms with van der Waals surface area (Å²) in [6.45, 7) is 0. The molecule has 258 valence electrons. The summed E-state index contributed by atoms with van der Waals surface area (Å²) in [7, 11) is 0. The standard InChI is InChI=1S/C52H30N4/c53-31-37-30-46-52(56-51(34-15-5-2-6-16-34)50(55-46)33-13-3-1-4-14-33)48-47(37)43-21-11-12-22-45(43)54-49(48)35-25-23-32(24-26-35)36-27-28-42-40-19-8-7-17-38(40)39-18-9-10-20-41(39)44(42)29-36/h1-30H. The van der Waals surface area contributed by atoms with Gasteiger partial charge >= 0.3 is 0 Å². The molecule has 0 fully saturated rings. The van der Waals surface area contributed by atoms with E-state index >= 15 is 0 Å². The molecule has 0 bridgehead atoms. The monoisotopic (exact) mass is 710 g/mol. The minimum Gasteiger partial charge on any atom is -0.247 e. The summed E-state index contributed by atoms with van der Waals surface area (Å²) < 4.78 is 0. The van der Waals surface area contributed by atoms with Crippen molar-refractivity contribution in [1.82, 2.24) is 15.0 Å². The van der Waals surface area contributed by atoms with Crippen LogP contribution in [0.25, 0.3) is 110 Å². The molecule has 0 saturated heterocycles.